The molecule has 7 heteroatoms. The van der Waals surface area contributed by atoms with Gasteiger partial charge in [0.2, 0.25) is 0 Å². The van der Waals surface area contributed by atoms with E-state index >= 15 is 0 Å². The van der Waals surface area contributed by atoms with Crippen LogP contribution in [-0.2, 0) is 11.3 Å². The summed E-state index contributed by atoms with van der Waals surface area (Å²) in [5.41, 5.74) is 3.26. The fraction of sp³-hybridized carbons (Fsp3) is 0.0556. The number of fused-ring (bicyclic) bond motifs is 1. The maximum Gasteiger partial charge on any atom is 0.267 e. The molecule has 0 saturated heterocycles. The zero-order valence-electron chi connectivity index (χ0n) is 13.0. The molecule has 3 rings (SSSR count). The van der Waals surface area contributed by atoms with Crippen molar-refractivity contribution in [2.24, 2.45) is 0 Å². The average molecular weight is 339 g/mol. The molecule has 3 aromatic rings. The van der Waals surface area contributed by atoms with Gasteiger partial charge < -0.3 is 0 Å². The van der Waals surface area contributed by atoms with Crippen molar-refractivity contribution in [1.29, 1.82) is 0 Å². The second-order valence-corrected chi connectivity index (χ2v) is 5.39. The van der Waals surface area contributed by atoms with Crippen molar-refractivity contribution in [3.05, 3.63) is 82.2 Å². The molecule has 2 aromatic carbocycles. The monoisotopic (exact) mass is 339 g/mol. The summed E-state index contributed by atoms with van der Waals surface area (Å²) in [6.07, 6.45) is 4.17. The number of nitrogens with one attached hydrogen (secondary N) is 1. The van der Waals surface area contributed by atoms with Gasteiger partial charge in [-0.3, -0.25) is 19.4 Å². The number of nitrogens with zero attached hydrogens (tertiary/aromatic N) is 2. The molecule has 0 aliphatic rings. The number of carbonyl (C=O) groups excluding carboxylic acids is 1. The summed E-state index contributed by atoms with van der Waals surface area (Å²) >= 11 is 0. The molecule has 1 amide bonds. The highest BCUT2D eigenvalue weighted by atomic mass is 19.1. The minimum atomic E-state index is -0.620. The van der Waals surface area contributed by atoms with Crippen molar-refractivity contribution < 1.29 is 14.4 Å². The third-order valence-electron chi connectivity index (χ3n) is 3.66. The Kier molecular flexibility index (Phi) is 4.67. The lowest BCUT2D eigenvalue weighted by atomic mass is 10.1. The molecule has 126 valence electrons. The number of amides is 1. The standard InChI is InChI=1S/C18H14FN3O3/c19-14-6-7-16-15(9-14)18(24)22(11-20-16)10-13-3-1-12(2-4-13)5-8-17(23)21-25/h1-9,11,25H,10H2,(H,21,23)/b8-5+. The van der Waals surface area contributed by atoms with Crippen LogP contribution in [0.3, 0.4) is 0 Å². The summed E-state index contributed by atoms with van der Waals surface area (Å²) in [6.45, 7) is 0.291. The molecule has 6 nitrogen and oxygen atoms in total. The van der Waals surface area contributed by atoms with Gasteiger partial charge in [-0.05, 0) is 35.4 Å². The van der Waals surface area contributed by atoms with Crippen molar-refractivity contribution in [3.8, 4) is 0 Å². The summed E-state index contributed by atoms with van der Waals surface area (Å²) in [7, 11) is 0. The number of aromatic nitrogens is 2. The van der Waals surface area contributed by atoms with Crippen LogP contribution in [0, 0.1) is 5.82 Å². The van der Waals surface area contributed by atoms with E-state index in [-0.39, 0.29) is 10.9 Å². The quantitative estimate of drug-likeness (QED) is 0.433. The lowest BCUT2D eigenvalue weighted by Crippen LogP contribution is -2.21. The van der Waals surface area contributed by atoms with E-state index in [0.29, 0.717) is 12.1 Å². The highest BCUT2D eigenvalue weighted by molar-refractivity contribution is 5.90. The molecule has 0 bridgehead atoms. The smallest absolute Gasteiger partial charge is 0.267 e. The van der Waals surface area contributed by atoms with E-state index in [4.69, 9.17) is 5.21 Å². The van der Waals surface area contributed by atoms with Crippen LogP contribution < -0.4 is 11.0 Å². The normalized spacial score (nSPS) is 11.1. The molecule has 25 heavy (non-hydrogen) atoms. The largest absolute Gasteiger partial charge is 0.294 e. The van der Waals surface area contributed by atoms with Gasteiger partial charge in [0.05, 0.1) is 23.8 Å². The minimum Gasteiger partial charge on any atom is -0.294 e. The number of carbonyl (C=O) groups is 1. The SMILES string of the molecule is O=C(/C=C/c1ccc(Cn2cnc3ccc(F)cc3c2=O)cc1)NO. The highest BCUT2D eigenvalue weighted by Gasteiger charge is 2.06. The van der Waals surface area contributed by atoms with Gasteiger partial charge in [0, 0.05) is 6.08 Å². The van der Waals surface area contributed by atoms with Gasteiger partial charge in [-0.25, -0.2) is 14.9 Å². The van der Waals surface area contributed by atoms with Crippen molar-refractivity contribution in [2.45, 2.75) is 6.54 Å². The first-order chi connectivity index (χ1) is 12.1. The van der Waals surface area contributed by atoms with E-state index < -0.39 is 11.7 Å². The molecule has 0 unspecified atom stereocenters. The topological polar surface area (TPSA) is 84.2 Å². The Bertz CT molecular complexity index is 1010. The van der Waals surface area contributed by atoms with Gasteiger partial charge in [-0.1, -0.05) is 24.3 Å². The molecule has 0 aliphatic carbocycles. The molecule has 0 aliphatic heterocycles. The summed E-state index contributed by atoms with van der Waals surface area (Å²) in [5.74, 6) is -1.10. The highest BCUT2D eigenvalue weighted by Crippen LogP contribution is 2.10. The Morgan fingerprint density at radius 1 is 1.24 bits per heavy atom. The van der Waals surface area contributed by atoms with Gasteiger partial charge in [0.1, 0.15) is 5.82 Å². The molecule has 0 atom stereocenters. The van der Waals surface area contributed by atoms with Gasteiger partial charge in [-0.15, -0.1) is 0 Å². The molecule has 0 saturated carbocycles. The predicted molar refractivity (Wildman–Crippen MR) is 90.5 cm³/mol. The van der Waals surface area contributed by atoms with Gasteiger partial charge >= 0.3 is 0 Å². The average Bonchev–Trinajstić information content (AvgIpc) is 2.63. The first-order valence-corrected chi connectivity index (χ1v) is 7.42. The number of benzene rings is 2. The molecule has 2 N–H and O–H groups in total. The Hall–Kier alpha value is -3.32. The third kappa shape index (κ3) is 3.78. The second-order valence-electron chi connectivity index (χ2n) is 5.39. The van der Waals surface area contributed by atoms with Crippen LogP contribution in [0.2, 0.25) is 0 Å². The maximum absolute atomic E-state index is 13.3. The minimum absolute atomic E-state index is 0.233. The van der Waals surface area contributed by atoms with Crippen LogP contribution in [0.15, 0.2) is 59.7 Å². The van der Waals surface area contributed by atoms with Crippen molar-refractivity contribution in [2.75, 3.05) is 0 Å². The molecule has 0 fully saturated rings. The number of hydroxylamine groups is 1. The van der Waals surface area contributed by atoms with E-state index in [9.17, 15) is 14.0 Å². The molecule has 0 spiro atoms. The fourth-order valence-electron chi connectivity index (χ4n) is 2.38. The van der Waals surface area contributed by atoms with Gasteiger partial charge in [-0.2, -0.15) is 0 Å². The zero-order valence-corrected chi connectivity index (χ0v) is 13.0. The number of rotatable bonds is 4. The van der Waals surface area contributed by atoms with Crippen LogP contribution >= 0.6 is 0 Å². The van der Waals surface area contributed by atoms with Crippen LogP contribution in [-0.4, -0.2) is 20.7 Å². The second kappa shape index (κ2) is 7.06. The van der Waals surface area contributed by atoms with E-state index in [1.54, 1.807) is 30.3 Å². The van der Waals surface area contributed by atoms with Gasteiger partial charge in [0.15, 0.2) is 0 Å². The fourth-order valence-corrected chi connectivity index (χ4v) is 2.38. The van der Waals surface area contributed by atoms with Crippen LogP contribution in [0.25, 0.3) is 17.0 Å². The molecule has 1 aromatic heterocycles. The van der Waals surface area contributed by atoms with Crippen molar-refractivity contribution in [3.63, 3.8) is 0 Å². The Morgan fingerprint density at radius 2 is 2.00 bits per heavy atom. The molecular formula is C18H14FN3O3. The zero-order chi connectivity index (χ0) is 17.8. The summed E-state index contributed by atoms with van der Waals surface area (Å²) in [6, 6.07) is 11.1. The van der Waals surface area contributed by atoms with E-state index in [0.717, 1.165) is 11.1 Å². The number of halogens is 1. The Morgan fingerprint density at radius 3 is 2.72 bits per heavy atom. The molecule has 1 heterocycles. The van der Waals surface area contributed by atoms with Crippen LogP contribution in [0.1, 0.15) is 11.1 Å². The van der Waals surface area contributed by atoms with Crippen LogP contribution in [0.4, 0.5) is 4.39 Å². The lowest BCUT2D eigenvalue weighted by molar-refractivity contribution is -0.124. The van der Waals surface area contributed by atoms with Crippen molar-refractivity contribution in [1.82, 2.24) is 15.0 Å². The summed E-state index contributed by atoms with van der Waals surface area (Å²) in [5, 5.41) is 8.66. The first kappa shape index (κ1) is 16.5. The van der Waals surface area contributed by atoms with E-state index in [2.05, 4.69) is 4.98 Å². The maximum atomic E-state index is 13.3. The first-order valence-electron chi connectivity index (χ1n) is 7.42. The molecular weight excluding hydrogens is 325 g/mol. The number of hydrogen-bond acceptors (Lipinski definition) is 4. The van der Waals surface area contributed by atoms with E-state index in [1.807, 2.05) is 0 Å². The Balaban J connectivity index is 1.84. The summed E-state index contributed by atoms with van der Waals surface area (Å²) in [4.78, 5) is 27.6. The van der Waals surface area contributed by atoms with Crippen LogP contribution in [0.5, 0.6) is 0 Å². The Labute approximate surface area is 141 Å². The molecule has 0 radical (unpaired) electrons. The number of hydrogen-bond donors (Lipinski definition) is 2. The third-order valence-corrected chi connectivity index (χ3v) is 3.66. The van der Waals surface area contributed by atoms with E-state index in [1.165, 1.54) is 40.6 Å². The lowest BCUT2D eigenvalue weighted by Gasteiger charge is -2.07. The van der Waals surface area contributed by atoms with Gasteiger partial charge in [0.25, 0.3) is 11.5 Å². The summed E-state index contributed by atoms with van der Waals surface area (Å²) < 4.78 is 14.8. The predicted octanol–water partition coefficient (Wildman–Crippen LogP) is 2.10. The van der Waals surface area contributed by atoms with Crippen molar-refractivity contribution >= 4 is 22.9 Å².